The zero-order chi connectivity index (χ0) is 12.8. The molecule has 0 amide bonds. The SMILES string of the molecule is CC1(C)C(NCC2CCC(O)CC2)C2CCOC21. The molecule has 0 aromatic rings. The number of aliphatic hydroxyl groups excluding tert-OH is 1. The molecule has 3 atom stereocenters. The fraction of sp³-hybridized carbons (Fsp3) is 1.00. The summed E-state index contributed by atoms with van der Waals surface area (Å²) in [5, 5.41) is 13.3. The number of hydrogen-bond acceptors (Lipinski definition) is 3. The Morgan fingerprint density at radius 3 is 2.61 bits per heavy atom. The Morgan fingerprint density at radius 2 is 1.89 bits per heavy atom. The number of rotatable bonds is 3. The zero-order valence-corrected chi connectivity index (χ0v) is 11.7. The average molecular weight is 253 g/mol. The van der Waals surface area contributed by atoms with Gasteiger partial charge in [-0.25, -0.2) is 0 Å². The predicted molar refractivity (Wildman–Crippen MR) is 71.4 cm³/mol. The molecule has 3 fully saturated rings. The van der Waals surface area contributed by atoms with E-state index in [9.17, 15) is 5.11 Å². The van der Waals surface area contributed by atoms with Gasteiger partial charge in [0.25, 0.3) is 0 Å². The highest BCUT2D eigenvalue weighted by molar-refractivity contribution is 5.11. The average Bonchev–Trinajstić information content (AvgIpc) is 2.78. The first kappa shape index (κ1) is 12.9. The molecule has 2 aliphatic carbocycles. The maximum absolute atomic E-state index is 9.53. The third-order valence-corrected chi connectivity index (χ3v) is 5.54. The van der Waals surface area contributed by atoms with Gasteiger partial charge in [0, 0.05) is 24.0 Å². The van der Waals surface area contributed by atoms with E-state index in [1.54, 1.807) is 0 Å². The molecule has 1 heterocycles. The van der Waals surface area contributed by atoms with Gasteiger partial charge >= 0.3 is 0 Å². The number of aliphatic hydroxyl groups is 1. The standard InChI is InChI=1S/C15H27NO2/c1-15(2)13(12-7-8-18-14(12)15)16-9-10-3-5-11(17)6-4-10/h10-14,16-17H,3-9H2,1-2H3. The summed E-state index contributed by atoms with van der Waals surface area (Å²) < 4.78 is 5.83. The molecular formula is C15H27NO2. The highest BCUT2D eigenvalue weighted by Gasteiger charge is 2.58. The van der Waals surface area contributed by atoms with Gasteiger partial charge in [0.15, 0.2) is 0 Å². The van der Waals surface area contributed by atoms with Crippen LogP contribution in [0.5, 0.6) is 0 Å². The van der Waals surface area contributed by atoms with Gasteiger partial charge < -0.3 is 15.2 Å². The highest BCUT2D eigenvalue weighted by Crippen LogP contribution is 2.52. The van der Waals surface area contributed by atoms with Crippen molar-refractivity contribution >= 4 is 0 Å². The van der Waals surface area contributed by atoms with Gasteiger partial charge in [-0.05, 0) is 44.6 Å². The van der Waals surface area contributed by atoms with Gasteiger partial charge in [0.2, 0.25) is 0 Å². The van der Waals surface area contributed by atoms with Crippen molar-refractivity contribution in [2.24, 2.45) is 17.3 Å². The van der Waals surface area contributed by atoms with E-state index in [2.05, 4.69) is 19.2 Å². The normalized spacial score (nSPS) is 46.5. The topological polar surface area (TPSA) is 41.5 Å². The Kier molecular flexibility index (Phi) is 3.41. The first-order chi connectivity index (χ1) is 8.59. The van der Waals surface area contributed by atoms with Crippen molar-refractivity contribution in [3.8, 4) is 0 Å². The quantitative estimate of drug-likeness (QED) is 0.807. The summed E-state index contributed by atoms with van der Waals surface area (Å²) >= 11 is 0. The van der Waals surface area contributed by atoms with Gasteiger partial charge in [0.1, 0.15) is 0 Å². The van der Waals surface area contributed by atoms with Gasteiger partial charge in [0.05, 0.1) is 12.2 Å². The van der Waals surface area contributed by atoms with Crippen molar-refractivity contribution in [3.63, 3.8) is 0 Å². The van der Waals surface area contributed by atoms with Crippen LogP contribution in [-0.4, -0.2) is 36.5 Å². The summed E-state index contributed by atoms with van der Waals surface area (Å²) in [6.07, 6.45) is 6.05. The van der Waals surface area contributed by atoms with Crippen LogP contribution in [0.4, 0.5) is 0 Å². The van der Waals surface area contributed by atoms with Crippen LogP contribution < -0.4 is 5.32 Å². The van der Waals surface area contributed by atoms with Crippen LogP contribution in [0, 0.1) is 17.3 Å². The molecular weight excluding hydrogens is 226 g/mol. The Morgan fingerprint density at radius 1 is 1.17 bits per heavy atom. The summed E-state index contributed by atoms with van der Waals surface area (Å²) in [6.45, 7) is 6.75. The third kappa shape index (κ3) is 2.10. The molecule has 3 heteroatoms. The summed E-state index contributed by atoms with van der Waals surface area (Å²) in [5.41, 5.74) is 0.301. The smallest absolute Gasteiger partial charge is 0.0685 e. The molecule has 0 aromatic heterocycles. The van der Waals surface area contributed by atoms with Gasteiger partial charge in [-0.15, -0.1) is 0 Å². The van der Waals surface area contributed by atoms with E-state index in [1.807, 2.05) is 0 Å². The monoisotopic (exact) mass is 253 g/mol. The van der Waals surface area contributed by atoms with Crippen LogP contribution >= 0.6 is 0 Å². The predicted octanol–water partition coefficient (Wildman–Crippen LogP) is 1.94. The molecule has 0 bridgehead atoms. The molecule has 0 spiro atoms. The molecule has 104 valence electrons. The Balaban J connectivity index is 1.48. The van der Waals surface area contributed by atoms with E-state index < -0.39 is 0 Å². The lowest BCUT2D eigenvalue weighted by atomic mass is 9.57. The first-order valence-corrected chi connectivity index (χ1v) is 7.62. The van der Waals surface area contributed by atoms with Crippen LogP contribution in [0.1, 0.15) is 46.0 Å². The minimum absolute atomic E-state index is 0.0333. The van der Waals surface area contributed by atoms with Crippen molar-refractivity contribution in [1.82, 2.24) is 5.32 Å². The van der Waals surface area contributed by atoms with Crippen LogP contribution in [0.3, 0.4) is 0 Å². The van der Waals surface area contributed by atoms with Gasteiger partial charge in [-0.3, -0.25) is 0 Å². The van der Waals surface area contributed by atoms with Crippen molar-refractivity contribution in [2.75, 3.05) is 13.2 Å². The van der Waals surface area contributed by atoms with E-state index in [0.29, 0.717) is 17.6 Å². The Bertz CT molecular complexity index is 297. The number of ether oxygens (including phenoxy) is 1. The first-order valence-electron chi connectivity index (χ1n) is 7.62. The molecule has 0 aromatic carbocycles. The highest BCUT2D eigenvalue weighted by atomic mass is 16.5. The molecule has 1 saturated heterocycles. The van der Waals surface area contributed by atoms with Crippen LogP contribution in [-0.2, 0) is 4.74 Å². The molecule has 3 aliphatic rings. The second-order valence-electron chi connectivity index (χ2n) is 7.13. The van der Waals surface area contributed by atoms with Crippen LogP contribution in [0.2, 0.25) is 0 Å². The third-order valence-electron chi connectivity index (χ3n) is 5.54. The summed E-state index contributed by atoms with van der Waals surface area (Å²) in [4.78, 5) is 0. The molecule has 2 saturated carbocycles. The Hall–Kier alpha value is -0.120. The molecule has 3 nitrogen and oxygen atoms in total. The molecule has 18 heavy (non-hydrogen) atoms. The second kappa shape index (κ2) is 4.77. The van der Waals surface area contributed by atoms with E-state index in [1.165, 1.54) is 19.3 Å². The van der Waals surface area contributed by atoms with Gasteiger partial charge in [-0.2, -0.15) is 0 Å². The van der Waals surface area contributed by atoms with Crippen molar-refractivity contribution in [2.45, 2.75) is 64.2 Å². The lowest BCUT2D eigenvalue weighted by Gasteiger charge is -2.55. The van der Waals surface area contributed by atoms with Crippen LogP contribution in [0.25, 0.3) is 0 Å². The molecule has 3 rings (SSSR count). The maximum Gasteiger partial charge on any atom is 0.0685 e. The van der Waals surface area contributed by atoms with Crippen LogP contribution in [0.15, 0.2) is 0 Å². The van der Waals surface area contributed by atoms with Gasteiger partial charge in [-0.1, -0.05) is 13.8 Å². The lowest BCUT2D eigenvalue weighted by Crippen LogP contribution is -2.66. The molecule has 1 aliphatic heterocycles. The fourth-order valence-corrected chi connectivity index (χ4v) is 4.38. The van der Waals surface area contributed by atoms with Crippen molar-refractivity contribution in [1.29, 1.82) is 0 Å². The molecule has 3 unspecified atom stereocenters. The minimum Gasteiger partial charge on any atom is -0.393 e. The number of nitrogens with one attached hydrogen (secondary N) is 1. The zero-order valence-electron chi connectivity index (χ0n) is 11.7. The van der Waals surface area contributed by atoms with E-state index in [0.717, 1.165) is 37.8 Å². The number of fused-ring (bicyclic) bond motifs is 1. The second-order valence-corrected chi connectivity index (χ2v) is 7.13. The summed E-state index contributed by atoms with van der Waals surface area (Å²) in [6, 6.07) is 0.636. The number of hydrogen-bond donors (Lipinski definition) is 2. The minimum atomic E-state index is -0.0333. The largest absolute Gasteiger partial charge is 0.393 e. The summed E-state index contributed by atoms with van der Waals surface area (Å²) in [7, 11) is 0. The van der Waals surface area contributed by atoms with Crippen molar-refractivity contribution in [3.05, 3.63) is 0 Å². The fourth-order valence-electron chi connectivity index (χ4n) is 4.38. The summed E-state index contributed by atoms with van der Waals surface area (Å²) in [5.74, 6) is 1.51. The Labute approximate surface area is 110 Å². The van der Waals surface area contributed by atoms with E-state index in [-0.39, 0.29) is 6.10 Å². The molecule has 2 N–H and O–H groups in total. The maximum atomic E-state index is 9.53. The molecule has 0 radical (unpaired) electrons. The van der Waals surface area contributed by atoms with E-state index in [4.69, 9.17) is 4.74 Å². The van der Waals surface area contributed by atoms with Crippen molar-refractivity contribution < 1.29 is 9.84 Å². The lowest BCUT2D eigenvalue weighted by molar-refractivity contribution is -0.113. The van der Waals surface area contributed by atoms with E-state index >= 15 is 0 Å².